The Bertz CT molecular complexity index is 626. The second-order valence-electron chi connectivity index (χ2n) is 3.79. The second-order valence-corrected chi connectivity index (χ2v) is 4.58. The number of carbonyl (C=O) groups is 1. The molecule has 0 bridgehead atoms. The molecule has 1 heterocycles. The van der Waals surface area contributed by atoms with Crippen molar-refractivity contribution in [1.29, 1.82) is 0 Å². The van der Waals surface area contributed by atoms with Crippen LogP contribution in [0.1, 0.15) is 22.8 Å². The van der Waals surface area contributed by atoms with E-state index >= 15 is 0 Å². The summed E-state index contributed by atoms with van der Waals surface area (Å²) in [6.45, 7) is 3.92. The molecule has 0 saturated heterocycles. The van der Waals surface area contributed by atoms with Crippen molar-refractivity contribution in [3.05, 3.63) is 39.5 Å². The Morgan fingerprint density at radius 1 is 1.39 bits per heavy atom. The lowest BCUT2D eigenvalue weighted by atomic mass is 10.1. The number of hydrogen-bond acceptors (Lipinski definition) is 3. The number of carbonyl (C=O) groups excluding carboxylic acids is 1. The van der Waals surface area contributed by atoms with Crippen LogP contribution in [-0.2, 0) is 4.74 Å². The quantitative estimate of drug-likeness (QED) is 0.782. The zero-order valence-electron chi connectivity index (χ0n) is 9.96. The molecule has 0 aliphatic heterocycles. The van der Waals surface area contributed by atoms with E-state index in [2.05, 4.69) is 4.98 Å². The van der Waals surface area contributed by atoms with E-state index in [0.29, 0.717) is 27.6 Å². The lowest BCUT2D eigenvalue weighted by Gasteiger charge is -2.09. The molecule has 0 aliphatic rings. The third-order valence-electron chi connectivity index (χ3n) is 2.61. The largest absolute Gasteiger partial charge is 0.462 e. The van der Waals surface area contributed by atoms with Crippen LogP contribution in [0.5, 0.6) is 0 Å². The van der Waals surface area contributed by atoms with Gasteiger partial charge in [-0.15, -0.1) is 0 Å². The number of pyridine rings is 1. The SMILES string of the molecule is CCOC(=O)c1cnc2c(Cl)ccc(C)c2c1Cl. The number of esters is 1. The van der Waals surface area contributed by atoms with Crippen molar-refractivity contribution in [2.45, 2.75) is 13.8 Å². The zero-order valence-corrected chi connectivity index (χ0v) is 11.5. The van der Waals surface area contributed by atoms with Gasteiger partial charge in [0, 0.05) is 11.6 Å². The molecule has 0 N–H and O–H groups in total. The molecule has 18 heavy (non-hydrogen) atoms. The Balaban J connectivity index is 2.71. The van der Waals surface area contributed by atoms with E-state index in [1.165, 1.54) is 6.20 Å². The molecule has 0 aliphatic carbocycles. The van der Waals surface area contributed by atoms with Crippen molar-refractivity contribution in [2.24, 2.45) is 0 Å². The number of fused-ring (bicyclic) bond motifs is 1. The van der Waals surface area contributed by atoms with E-state index in [-0.39, 0.29) is 5.56 Å². The monoisotopic (exact) mass is 283 g/mol. The Hall–Kier alpha value is -1.32. The standard InChI is InChI=1S/C13H11Cl2NO2/c1-3-18-13(17)8-6-16-12-9(14)5-4-7(2)10(12)11(8)15/h4-6H,3H2,1-2H3. The van der Waals surface area contributed by atoms with Crippen LogP contribution in [0.4, 0.5) is 0 Å². The van der Waals surface area contributed by atoms with Crippen molar-refractivity contribution >= 4 is 40.1 Å². The highest BCUT2D eigenvalue weighted by Crippen LogP contribution is 2.32. The fourth-order valence-corrected chi connectivity index (χ4v) is 2.31. The first-order chi connectivity index (χ1) is 8.56. The van der Waals surface area contributed by atoms with E-state index in [1.54, 1.807) is 13.0 Å². The topological polar surface area (TPSA) is 39.2 Å². The molecule has 94 valence electrons. The maximum atomic E-state index is 11.7. The lowest BCUT2D eigenvalue weighted by molar-refractivity contribution is 0.0526. The van der Waals surface area contributed by atoms with Crippen molar-refractivity contribution < 1.29 is 9.53 Å². The average molecular weight is 284 g/mol. The number of halogens is 2. The normalized spacial score (nSPS) is 10.7. The maximum absolute atomic E-state index is 11.7. The summed E-state index contributed by atoms with van der Waals surface area (Å²) >= 11 is 12.3. The Morgan fingerprint density at radius 3 is 2.78 bits per heavy atom. The van der Waals surface area contributed by atoms with Crippen LogP contribution >= 0.6 is 23.2 Å². The number of ether oxygens (including phenoxy) is 1. The first-order valence-electron chi connectivity index (χ1n) is 5.46. The molecule has 0 radical (unpaired) electrons. The molecule has 1 aromatic heterocycles. The molecule has 0 amide bonds. The molecule has 0 spiro atoms. The van der Waals surface area contributed by atoms with Gasteiger partial charge in [-0.2, -0.15) is 0 Å². The molecule has 0 saturated carbocycles. The molecule has 0 unspecified atom stereocenters. The van der Waals surface area contributed by atoms with Crippen molar-refractivity contribution in [2.75, 3.05) is 6.61 Å². The van der Waals surface area contributed by atoms with Gasteiger partial charge < -0.3 is 4.74 Å². The van der Waals surface area contributed by atoms with Gasteiger partial charge in [-0.25, -0.2) is 4.79 Å². The van der Waals surface area contributed by atoms with Crippen molar-refractivity contribution in [1.82, 2.24) is 4.98 Å². The third-order valence-corrected chi connectivity index (χ3v) is 3.31. The Labute approximate surface area is 115 Å². The van der Waals surface area contributed by atoms with E-state index < -0.39 is 5.97 Å². The van der Waals surface area contributed by atoms with Crippen LogP contribution in [0.15, 0.2) is 18.3 Å². The van der Waals surface area contributed by atoms with Gasteiger partial charge in [0.1, 0.15) is 0 Å². The van der Waals surface area contributed by atoms with Crippen molar-refractivity contribution in [3.63, 3.8) is 0 Å². The van der Waals surface area contributed by atoms with Crippen LogP contribution in [0.2, 0.25) is 10.0 Å². The van der Waals surface area contributed by atoms with Crippen LogP contribution in [0, 0.1) is 6.92 Å². The Morgan fingerprint density at radius 2 is 2.11 bits per heavy atom. The highest BCUT2D eigenvalue weighted by Gasteiger charge is 2.17. The molecular weight excluding hydrogens is 273 g/mol. The molecule has 0 atom stereocenters. The predicted octanol–water partition coefficient (Wildman–Crippen LogP) is 4.03. The van der Waals surface area contributed by atoms with E-state index in [1.807, 2.05) is 13.0 Å². The molecule has 2 aromatic rings. The van der Waals surface area contributed by atoms with E-state index in [4.69, 9.17) is 27.9 Å². The number of rotatable bonds is 2. The summed E-state index contributed by atoms with van der Waals surface area (Å²) in [5.41, 5.74) is 1.77. The van der Waals surface area contributed by atoms with Gasteiger partial charge in [-0.05, 0) is 25.5 Å². The van der Waals surface area contributed by atoms with Crippen LogP contribution in [0.3, 0.4) is 0 Å². The maximum Gasteiger partial charge on any atom is 0.341 e. The summed E-state index contributed by atoms with van der Waals surface area (Å²) in [7, 11) is 0. The minimum Gasteiger partial charge on any atom is -0.462 e. The summed E-state index contributed by atoms with van der Waals surface area (Å²) in [6.07, 6.45) is 1.40. The third kappa shape index (κ3) is 2.16. The van der Waals surface area contributed by atoms with Crippen LogP contribution in [-0.4, -0.2) is 17.6 Å². The molecule has 0 fully saturated rings. The second kappa shape index (κ2) is 5.12. The van der Waals surface area contributed by atoms with Crippen LogP contribution in [0.25, 0.3) is 10.9 Å². The first-order valence-corrected chi connectivity index (χ1v) is 6.22. The number of aryl methyl sites for hydroxylation is 1. The lowest BCUT2D eigenvalue weighted by Crippen LogP contribution is -2.06. The van der Waals surface area contributed by atoms with Gasteiger partial charge in [0.2, 0.25) is 0 Å². The minimum absolute atomic E-state index is 0.261. The number of nitrogens with zero attached hydrogens (tertiary/aromatic N) is 1. The van der Waals surface area contributed by atoms with E-state index in [0.717, 1.165) is 5.56 Å². The highest BCUT2D eigenvalue weighted by atomic mass is 35.5. The van der Waals surface area contributed by atoms with Gasteiger partial charge in [-0.1, -0.05) is 29.3 Å². The summed E-state index contributed by atoms with van der Waals surface area (Å²) in [4.78, 5) is 15.9. The smallest absolute Gasteiger partial charge is 0.341 e. The summed E-state index contributed by atoms with van der Waals surface area (Å²) in [5.74, 6) is -0.476. The highest BCUT2D eigenvalue weighted by molar-refractivity contribution is 6.41. The summed E-state index contributed by atoms with van der Waals surface area (Å²) in [6, 6.07) is 3.60. The van der Waals surface area contributed by atoms with E-state index in [9.17, 15) is 4.79 Å². The first kappa shape index (κ1) is 13.1. The van der Waals surface area contributed by atoms with Crippen LogP contribution < -0.4 is 0 Å². The number of aromatic nitrogens is 1. The van der Waals surface area contributed by atoms with Gasteiger partial charge >= 0.3 is 5.97 Å². The summed E-state index contributed by atoms with van der Waals surface area (Å²) < 4.78 is 4.93. The fourth-order valence-electron chi connectivity index (χ4n) is 1.74. The number of benzene rings is 1. The fraction of sp³-hybridized carbons (Fsp3) is 0.231. The summed E-state index contributed by atoms with van der Waals surface area (Å²) in [5, 5.41) is 1.53. The predicted molar refractivity (Wildman–Crippen MR) is 72.5 cm³/mol. The molecule has 1 aromatic carbocycles. The molecule has 2 rings (SSSR count). The van der Waals surface area contributed by atoms with Gasteiger partial charge in [0.15, 0.2) is 0 Å². The van der Waals surface area contributed by atoms with Gasteiger partial charge in [-0.3, -0.25) is 4.98 Å². The molecular formula is C13H11Cl2NO2. The van der Waals surface area contributed by atoms with Crippen molar-refractivity contribution in [3.8, 4) is 0 Å². The van der Waals surface area contributed by atoms with Gasteiger partial charge in [0.05, 0.1) is 27.7 Å². The average Bonchev–Trinajstić information content (AvgIpc) is 2.34. The number of hydrogen-bond donors (Lipinski definition) is 0. The molecule has 5 heteroatoms. The minimum atomic E-state index is -0.476. The van der Waals surface area contributed by atoms with Gasteiger partial charge in [0.25, 0.3) is 0 Å². The molecule has 3 nitrogen and oxygen atoms in total. The Kier molecular flexibility index (Phi) is 3.73. The zero-order chi connectivity index (χ0) is 13.3.